The summed E-state index contributed by atoms with van der Waals surface area (Å²) in [5.74, 6) is 0.339. The maximum absolute atomic E-state index is 13.8. The third-order valence-corrected chi connectivity index (χ3v) is 6.88. The molecule has 0 aromatic heterocycles. The quantitative estimate of drug-likeness (QED) is 0.386. The third kappa shape index (κ3) is 5.59. The van der Waals surface area contributed by atoms with Gasteiger partial charge in [-0.3, -0.25) is 4.90 Å². The highest BCUT2D eigenvalue weighted by Gasteiger charge is 2.36. The number of rotatable bonds is 7. The van der Waals surface area contributed by atoms with Crippen molar-refractivity contribution < 1.29 is 14.2 Å². The van der Waals surface area contributed by atoms with E-state index < -0.39 is 0 Å². The average molecular weight is 494 g/mol. The summed E-state index contributed by atoms with van der Waals surface area (Å²) in [4.78, 5) is 8.22. The summed E-state index contributed by atoms with van der Waals surface area (Å²) in [6.07, 6.45) is 0. The Kier molecular flexibility index (Phi) is 7.92. The molecule has 1 N–H and O–H groups in total. The normalized spacial score (nSPS) is 19.3. The summed E-state index contributed by atoms with van der Waals surface area (Å²) in [5.41, 5.74) is 3.68. The number of aliphatic hydroxyl groups excluding tert-OH is 1. The molecular weight excluding hydrogens is 465 g/mol. The minimum Gasteiger partial charge on any atom is -0.491 e. The standard InChI is InChI=1S/C28H29ClFN3O2/c1-19-17-32(20(2)21-6-10-24(31-3)11-7-21)18-28(22-4-8-23(30)9-5-22)33(19)27-13-12-25(16-26(27)29)35-15-14-34/h4-13,16,19-20,28,34H,14-15,17-18H2,1-2H3/t19-,20-,28+/m1/s1. The Morgan fingerprint density at radius 1 is 1.11 bits per heavy atom. The van der Waals surface area contributed by atoms with Gasteiger partial charge in [-0.1, -0.05) is 48.0 Å². The van der Waals surface area contributed by atoms with Crippen molar-refractivity contribution in [1.29, 1.82) is 0 Å². The molecule has 0 aliphatic carbocycles. The van der Waals surface area contributed by atoms with Crippen LogP contribution in [0.1, 0.15) is 37.1 Å². The summed E-state index contributed by atoms with van der Waals surface area (Å²) in [7, 11) is 0. The van der Waals surface area contributed by atoms with Gasteiger partial charge in [0.2, 0.25) is 0 Å². The SMILES string of the molecule is [C-]#[N+]c1ccc([C@@H](C)N2C[C@@H](C)N(c3ccc(OCCO)cc3Cl)[C@H](c3ccc(F)cc3)C2)cc1. The molecule has 0 spiro atoms. The van der Waals surface area contributed by atoms with Crippen LogP contribution in [0.2, 0.25) is 5.02 Å². The summed E-state index contributed by atoms with van der Waals surface area (Å²) < 4.78 is 19.3. The van der Waals surface area contributed by atoms with Crippen molar-refractivity contribution in [3.05, 3.63) is 100 Å². The van der Waals surface area contributed by atoms with Gasteiger partial charge in [0.1, 0.15) is 18.2 Å². The number of ether oxygens (including phenoxy) is 1. The molecule has 7 heteroatoms. The zero-order chi connectivity index (χ0) is 24.9. The number of piperazine rings is 1. The number of halogens is 2. The predicted octanol–water partition coefficient (Wildman–Crippen LogP) is 6.41. The van der Waals surface area contributed by atoms with Crippen molar-refractivity contribution in [2.24, 2.45) is 0 Å². The Balaban J connectivity index is 1.67. The fraction of sp³-hybridized carbons (Fsp3) is 0.321. The molecule has 35 heavy (non-hydrogen) atoms. The zero-order valence-electron chi connectivity index (χ0n) is 19.9. The summed E-state index contributed by atoms with van der Waals surface area (Å²) in [6, 6.07) is 20.2. The van der Waals surface area contributed by atoms with Crippen LogP contribution < -0.4 is 9.64 Å². The summed E-state index contributed by atoms with van der Waals surface area (Å²) >= 11 is 6.73. The maximum atomic E-state index is 13.8. The Labute approximate surface area is 211 Å². The lowest BCUT2D eigenvalue weighted by Crippen LogP contribution is -2.54. The van der Waals surface area contributed by atoms with Crippen molar-refractivity contribution in [1.82, 2.24) is 4.90 Å². The number of nitrogens with zero attached hydrogens (tertiary/aromatic N) is 3. The first-order valence-corrected chi connectivity index (χ1v) is 12.1. The van der Waals surface area contributed by atoms with Crippen LogP contribution in [0.15, 0.2) is 66.7 Å². The van der Waals surface area contributed by atoms with Gasteiger partial charge in [0, 0.05) is 31.2 Å². The minimum absolute atomic E-state index is 0.0500. The molecule has 4 rings (SSSR count). The number of benzene rings is 3. The minimum atomic E-state index is -0.266. The first-order valence-electron chi connectivity index (χ1n) is 11.7. The molecule has 0 amide bonds. The highest BCUT2D eigenvalue weighted by molar-refractivity contribution is 6.33. The van der Waals surface area contributed by atoms with Crippen LogP contribution in [-0.4, -0.2) is 42.4 Å². The first-order chi connectivity index (χ1) is 16.9. The predicted molar refractivity (Wildman–Crippen MR) is 138 cm³/mol. The van der Waals surface area contributed by atoms with Crippen LogP contribution in [-0.2, 0) is 0 Å². The number of anilines is 1. The molecule has 0 bridgehead atoms. The smallest absolute Gasteiger partial charge is 0.187 e. The molecule has 3 aromatic rings. The van der Waals surface area contributed by atoms with Gasteiger partial charge in [0.15, 0.2) is 5.69 Å². The fourth-order valence-electron chi connectivity index (χ4n) is 4.78. The molecule has 3 atom stereocenters. The molecule has 182 valence electrons. The second kappa shape index (κ2) is 11.1. The Bertz CT molecular complexity index is 1180. The van der Waals surface area contributed by atoms with Crippen LogP contribution >= 0.6 is 11.6 Å². The van der Waals surface area contributed by atoms with Crippen LogP contribution in [0.25, 0.3) is 4.85 Å². The van der Waals surface area contributed by atoms with Gasteiger partial charge in [-0.15, -0.1) is 0 Å². The van der Waals surface area contributed by atoms with Gasteiger partial charge in [0.25, 0.3) is 0 Å². The van der Waals surface area contributed by atoms with E-state index in [0.717, 1.165) is 29.9 Å². The molecule has 1 fully saturated rings. The van der Waals surface area contributed by atoms with E-state index in [0.29, 0.717) is 16.5 Å². The maximum Gasteiger partial charge on any atom is 0.187 e. The van der Waals surface area contributed by atoms with Crippen molar-refractivity contribution in [2.75, 3.05) is 31.2 Å². The Morgan fingerprint density at radius 2 is 1.83 bits per heavy atom. The molecule has 0 saturated carbocycles. The Morgan fingerprint density at radius 3 is 2.46 bits per heavy atom. The molecular formula is C28H29ClFN3O2. The van der Waals surface area contributed by atoms with E-state index in [9.17, 15) is 4.39 Å². The van der Waals surface area contributed by atoms with Crippen LogP contribution in [0.3, 0.4) is 0 Å². The van der Waals surface area contributed by atoms with E-state index in [1.165, 1.54) is 12.1 Å². The second-order valence-electron chi connectivity index (χ2n) is 8.84. The molecule has 3 aromatic carbocycles. The van der Waals surface area contributed by atoms with E-state index in [2.05, 4.69) is 28.5 Å². The average Bonchev–Trinajstić information content (AvgIpc) is 2.87. The van der Waals surface area contributed by atoms with Crippen molar-refractivity contribution in [3.63, 3.8) is 0 Å². The fourth-order valence-corrected chi connectivity index (χ4v) is 5.05. The van der Waals surface area contributed by atoms with E-state index >= 15 is 0 Å². The van der Waals surface area contributed by atoms with Gasteiger partial charge in [-0.25, -0.2) is 9.24 Å². The molecule has 1 aliphatic rings. The lowest BCUT2D eigenvalue weighted by molar-refractivity contribution is 0.148. The van der Waals surface area contributed by atoms with Crippen molar-refractivity contribution in [2.45, 2.75) is 32.0 Å². The van der Waals surface area contributed by atoms with Gasteiger partial charge in [0.05, 0.1) is 29.9 Å². The van der Waals surface area contributed by atoms with Crippen LogP contribution in [0.4, 0.5) is 15.8 Å². The van der Waals surface area contributed by atoms with Crippen LogP contribution in [0, 0.1) is 12.4 Å². The molecule has 0 unspecified atom stereocenters. The molecule has 0 radical (unpaired) electrons. The number of hydrogen-bond donors (Lipinski definition) is 1. The molecule has 1 saturated heterocycles. The van der Waals surface area contributed by atoms with Gasteiger partial charge < -0.3 is 14.7 Å². The summed E-state index contributed by atoms with van der Waals surface area (Å²) in [6.45, 7) is 13.2. The van der Waals surface area contributed by atoms with Gasteiger partial charge in [-0.05, 0) is 49.2 Å². The van der Waals surface area contributed by atoms with E-state index in [4.69, 9.17) is 28.0 Å². The van der Waals surface area contributed by atoms with E-state index in [1.807, 2.05) is 48.5 Å². The second-order valence-corrected chi connectivity index (χ2v) is 9.25. The van der Waals surface area contributed by atoms with E-state index in [1.54, 1.807) is 6.07 Å². The van der Waals surface area contributed by atoms with Gasteiger partial charge >= 0.3 is 0 Å². The van der Waals surface area contributed by atoms with Crippen LogP contribution in [0.5, 0.6) is 5.75 Å². The molecule has 1 heterocycles. The molecule has 5 nitrogen and oxygen atoms in total. The van der Waals surface area contributed by atoms with Gasteiger partial charge in [-0.2, -0.15) is 0 Å². The highest BCUT2D eigenvalue weighted by Crippen LogP contribution is 2.41. The highest BCUT2D eigenvalue weighted by atomic mass is 35.5. The monoisotopic (exact) mass is 493 g/mol. The zero-order valence-corrected chi connectivity index (χ0v) is 20.6. The summed E-state index contributed by atoms with van der Waals surface area (Å²) in [5, 5.41) is 9.60. The topological polar surface area (TPSA) is 40.3 Å². The Hall–Kier alpha value is -3.11. The third-order valence-electron chi connectivity index (χ3n) is 6.58. The lowest BCUT2D eigenvalue weighted by Gasteiger charge is -2.49. The molecule has 1 aliphatic heterocycles. The number of hydrogen-bond acceptors (Lipinski definition) is 4. The van der Waals surface area contributed by atoms with E-state index in [-0.39, 0.29) is 37.2 Å². The first kappa shape index (κ1) is 25.0. The van der Waals surface area contributed by atoms with Crippen molar-refractivity contribution in [3.8, 4) is 5.75 Å². The number of aliphatic hydroxyl groups is 1. The van der Waals surface area contributed by atoms with Crippen molar-refractivity contribution >= 4 is 23.0 Å². The lowest BCUT2D eigenvalue weighted by atomic mass is 9.95. The largest absolute Gasteiger partial charge is 0.491 e.